The fourth-order valence-corrected chi connectivity index (χ4v) is 2.83. The SMILES string of the molecule is CC(C)C1CCCC(NCCn2cccn2)C1. The molecule has 1 fully saturated rings. The van der Waals surface area contributed by atoms with Crippen LogP contribution in [0, 0.1) is 11.8 Å². The van der Waals surface area contributed by atoms with Gasteiger partial charge in [-0.05, 0) is 30.7 Å². The predicted molar refractivity (Wildman–Crippen MR) is 70.8 cm³/mol. The van der Waals surface area contributed by atoms with E-state index in [1.165, 1.54) is 25.7 Å². The van der Waals surface area contributed by atoms with Crippen molar-refractivity contribution < 1.29 is 0 Å². The first kappa shape index (κ1) is 12.6. The van der Waals surface area contributed by atoms with Crippen molar-refractivity contribution in [1.82, 2.24) is 15.1 Å². The summed E-state index contributed by atoms with van der Waals surface area (Å²) in [4.78, 5) is 0. The maximum atomic E-state index is 4.22. The first-order chi connectivity index (χ1) is 8.25. The van der Waals surface area contributed by atoms with E-state index < -0.39 is 0 Å². The zero-order valence-electron chi connectivity index (χ0n) is 11.1. The van der Waals surface area contributed by atoms with Crippen LogP contribution in [0.2, 0.25) is 0 Å². The summed E-state index contributed by atoms with van der Waals surface area (Å²) in [5.74, 6) is 1.76. The van der Waals surface area contributed by atoms with Gasteiger partial charge in [-0.1, -0.05) is 26.7 Å². The normalized spacial score (nSPS) is 25.4. The number of hydrogen-bond acceptors (Lipinski definition) is 2. The fourth-order valence-electron chi connectivity index (χ4n) is 2.83. The summed E-state index contributed by atoms with van der Waals surface area (Å²) in [6, 6.07) is 2.71. The van der Waals surface area contributed by atoms with Crippen LogP contribution >= 0.6 is 0 Å². The molecule has 0 bridgehead atoms. The third kappa shape index (κ3) is 3.84. The molecule has 3 nitrogen and oxygen atoms in total. The largest absolute Gasteiger partial charge is 0.312 e. The Morgan fingerprint density at radius 3 is 3.00 bits per heavy atom. The molecule has 1 aliphatic carbocycles. The number of rotatable bonds is 5. The molecule has 2 atom stereocenters. The zero-order chi connectivity index (χ0) is 12.1. The van der Waals surface area contributed by atoms with E-state index in [0.717, 1.165) is 31.0 Å². The summed E-state index contributed by atoms with van der Waals surface area (Å²) in [5, 5.41) is 7.90. The molecule has 1 aliphatic rings. The monoisotopic (exact) mass is 235 g/mol. The molecule has 0 aromatic carbocycles. The van der Waals surface area contributed by atoms with Gasteiger partial charge in [0.2, 0.25) is 0 Å². The smallest absolute Gasteiger partial charge is 0.0534 e. The van der Waals surface area contributed by atoms with Gasteiger partial charge in [0.15, 0.2) is 0 Å². The van der Waals surface area contributed by atoms with Crippen LogP contribution in [-0.4, -0.2) is 22.4 Å². The van der Waals surface area contributed by atoms with E-state index in [2.05, 4.69) is 24.3 Å². The van der Waals surface area contributed by atoms with Gasteiger partial charge >= 0.3 is 0 Å². The Bertz CT molecular complexity index is 305. The second kappa shape index (κ2) is 6.20. The summed E-state index contributed by atoms with van der Waals surface area (Å²) < 4.78 is 2.00. The minimum atomic E-state index is 0.728. The molecule has 0 amide bonds. The van der Waals surface area contributed by atoms with Crippen LogP contribution in [0.15, 0.2) is 18.5 Å². The lowest BCUT2D eigenvalue weighted by Crippen LogP contribution is -2.37. The van der Waals surface area contributed by atoms with E-state index >= 15 is 0 Å². The van der Waals surface area contributed by atoms with E-state index in [1.54, 1.807) is 0 Å². The number of nitrogens with zero attached hydrogens (tertiary/aromatic N) is 2. The second-order valence-corrected chi connectivity index (χ2v) is 5.59. The van der Waals surface area contributed by atoms with E-state index in [0.29, 0.717) is 0 Å². The second-order valence-electron chi connectivity index (χ2n) is 5.59. The van der Waals surface area contributed by atoms with Crippen molar-refractivity contribution in [1.29, 1.82) is 0 Å². The Balaban J connectivity index is 1.68. The van der Waals surface area contributed by atoms with Crippen molar-refractivity contribution in [3.05, 3.63) is 18.5 Å². The summed E-state index contributed by atoms with van der Waals surface area (Å²) in [6.45, 7) is 6.74. The van der Waals surface area contributed by atoms with Crippen LogP contribution in [-0.2, 0) is 6.54 Å². The maximum Gasteiger partial charge on any atom is 0.0534 e. The molecule has 2 unspecified atom stereocenters. The molecule has 1 aromatic heterocycles. The van der Waals surface area contributed by atoms with Crippen LogP contribution in [0.3, 0.4) is 0 Å². The molecule has 0 aliphatic heterocycles. The first-order valence-corrected chi connectivity index (χ1v) is 6.96. The van der Waals surface area contributed by atoms with Gasteiger partial charge in [0.25, 0.3) is 0 Å². The standard InChI is InChI=1S/C14H25N3/c1-12(2)13-5-3-6-14(11-13)15-8-10-17-9-4-7-16-17/h4,7,9,12-15H,3,5-6,8,10-11H2,1-2H3. The van der Waals surface area contributed by atoms with E-state index in [1.807, 2.05) is 23.1 Å². The molecule has 0 radical (unpaired) electrons. The van der Waals surface area contributed by atoms with Crippen molar-refractivity contribution >= 4 is 0 Å². The average molecular weight is 235 g/mol. The van der Waals surface area contributed by atoms with Crippen molar-refractivity contribution in [3.63, 3.8) is 0 Å². The highest BCUT2D eigenvalue weighted by Gasteiger charge is 2.23. The van der Waals surface area contributed by atoms with Crippen LogP contribution in [0.25, 0.3) is 0 Å². The molecule has 96 valence electrons. The van der Waals surface area contributed by atoms with Gasteiger partial charge in [-0.15, -0.1) is 0 Å². The third-order valence-electron chi connectivity index (χ3n) is 3.99. The quantitative estimate of drug-likeness (QED) is 0.850. The molecule has 0 saturated heterocycles. The minimum absolute atomic E-state index is 0.728. The van der Waals surface area contributed by atoms with E-state index in [4.69, 9.17) is 0 Å². The van der Waals surface area contributed by atoms with Crippen molar-refractivity contribution in [2.24, 2.45) is 11.8 Å². The number of aromatic nitrogens is 2. The topological polar surface area (TPSA) is 29.9 Å². The summed E-state index contributed by atoms with van der Waals surface area (Å²) >= 11 is 0. The Hall–Kier alpha value is -0.830. The van der Waals surface area contributed by atoms with Gasteiger partial charge in [-0.3, -0.25) is 4.68 Å². The van der Waals surface area contributed by atoms with Gasteiger partial charge < -0.3 is 5.32 Å². The van der Waals surface area contributed by atoms with Gasteiger partial charge in [0, 0.05) is 25.0 Å². The summed E-state index contributed by atoms with van der Waals surface area (Å²) in [5.41, 5.74) is 0. The molecular weight excluding hydrogens is 210 g/mol. The summed E-state index contributed by atoms with van der Waals surface area (Å²) in [6.07, 6.45) is 9.39. The lowest BCUT2D eigenvalue weighted by Gasteiger charge is -2.32. The molecule has 1 aromatic rings. The fraction of sp³-hybridized carbons (Fsp3) is 0.786. The van der Waals surface area contributed by atoms with Crippen molar-refractivity contribution in [2.75, 3.05) is 6.54 Å². The maximum absolute atomic E-state index is 4.22. The van der Waals surface area contributed by atoms with Crippen LogP contribution < -0.4 is 5.32 Å². The van der Waals surface area contributed by atoms with Crippen LogP contribution in [0.5, 0.6) is 0 Å². The Kier molecular flexibility index (Phi) is 4.60. The van der Waals surface area contributed by atoms with Crippen molar-refractivity contribution in [2.45, 2.75) is 52.1 Å². The Morgan fingerprint density at radius 1 is 1.41 bits per heavy atom. The Labute approximate surface area is 105 Å². The molecule has 0 spiro atoms. The van der Waals surface area contributed by atoms with Crippen molar-refractivity contribution in [3.8, 4) is 0 Å². The van der Waals surface area contributed by atoms with Gasteiger partial charge in [-0.2, -0.15) is 5.10 Å². The molecule has 1 saturated carbocycles. The molecule has 2 rings (SSSR count). The molecule has 17 heavy (non-hydrogen) atoms. The first-order valence-electron chi connectivity index (χ1n) is 6.96. The van der Waals surface area contributed by atoms with Crippen LogP contribution in [0.4, 0.5) is 0 Å². The third-order valence-corrected chi connectivity index (χ3v) is 3.99. The highest BCUT2D eigenvalue weighted by Crippen LogP contribution is 2.29. The van der Waals surface area contributed by atoms with Gasteiger partial charge in [-0.25, -0.2) is 0 Å². The number of hydrogen-bond donors (Lipinski definition) is 1. The minimum Gasteiger partial charge on any atom is -0.312 e. The molecular formula is C14H25N3. The Morgan fingerprint density at radius 2 is 2.29 bits per heavy atom. The van der Waals surface area contributed by atoms with E-state index in [-0.39, 0.29) is 0 Å². The summed E-state index contributed by atoms with van der Waals surface area (Å²) in [7, 11) is 0. The lowest BCUT2D eigenvalue weighted by atomic mass is 9.79. The number of nitrogens with one attached hydrogen (secondary N) is 1. The molecule has 1 N–H and O–H groups in total. The molecule has 1 heterocycles. The van der Waals surface area contributed by atoms with Gasteiger partial charge in [0.05, 0.1) is 6.54 Å². The highest BCUT2D eigenvalue weighted by molar-refractivity contribution is 4.81. The van der Waals surface area contributed by atoms with Gasteiger partial charge in [0.1, 0.15) is 0 Å². The van der Waals surface area contributed by atoms with Crippen LogP contribution in [0.1, 0.15) is 39.5 Å². The highest BCUT2D eigenvalue weighted by atomic mass is 15.3. The average Bonchev–Trinajstić information content (AvgIpc) is 2.82. The lowest BCUT2D eigenvalue weighted by molar-refractivity contribution is 0.230. The van der Waals surface area contributed by atoms with E-state index in [9.17, 15) is 0 Å². The predicted octanol–water partition coefficient (Wildman–Crippen LogP) is 2.69. The zero-order valence-corrected chi connectivity index (χ0v) is 11.1. The molecule has 3 heteroatoms.